The van der Waals surface area contributed by atoms with Gasteiger partial charge in [0.1, 0.15) is 18.2 Å². The number of Topliss-reactive ketones (excluding diaryl/α,β-unsaturated/α-hetero) is 1. The van der Waals surface area contributed by atoms with Gasteiger partial charge in [-0.3, -0.25) is 9.59 Å². The molecule has 9 nitrogen and oxygen atoms in total. The number of nitrogens with zero attached hydrogens (tertiary/aromatic N) is 1. The molecule has 158 valence electrons. The Hall–Kier alpha value is -2.81. The van der Waals surface area contributed by atoms with Crippen molar-refractivity contribution in [2.75, 3.05) is 20.4 Å². The van der Waals surface area contributed by atoms with Crippen LogP contribution in [0.5, 0.6) is 11.5 Å². The first-order valence-corrected chi connectivity index (χ1v) is 9.43. The third-order valence-electron chi connectivity index (χ3n) is 5.39. The first-order valence-electron chi connectivity index (χ1n) is 9.43. The van der Waals surface area contributed by atoms with Crippen LogP contribution >= 0.6 is 0 Å². The monoisotopic (exact) mass is 406 g/mol. The van der Waals surface area contributed by atoms with Crippen LogP contribution in [-0.4, -0.2) is 60.9 Å². The smallest absolute Gasteiger partial charge is 0.410 e. The molecule has 2 N–H and O–H groups in total. The second-order valence-corrected chi connectivity index (χ2v) is 7.85. The molecule has 0 aromatic heterocycles. The summed E-state index contributed by atoms with van der Waals surface area (Å²) >= 11 is 0. The highest BCUT2D eigenvalue weighted by atomic mass is 16.7. The number of ether oxygens (including phenoxy) is 4. The molecule has 2 aliphatic rings. The summed E-state index contributed by atoms with van der Waals surface area (Å²) in [5, 5.41) is 0. The highest BCUT2D eigenvalue weighted by molar-refractivity contribution is 6.01. The van der Waals surface area contributed by atoms with Crippen molar-refractivity contribution in [3.8, 4) is 11.5 Å². The minimum Gasteiger partial charge on any atom is -0.455 e. The number of carbonyl (C=O) groups is 3. The van der Waals surface area contributed by atoms with Gasteiger partial charge in [0.05, 0.1) is 6.04 Å². The molecule has 2 aliphatic heterocycles. The zero-order valence-electron chi connectivity index (χ0n) is 17.0. The van der Waals surface area contributed by atoms with Crippen molar-refractivity contribution in [3.63, 3.8) is 0 Å². The zero-order chi connectivity index (χ0) is 21.3. The van der Waals surface area contributed by atoms with Crippen molar-refractivity contribution in [2.24, 2.45) is 11.7 Å². The van der Waals surface area contributed by atoms with Gasteiger partial charge < -0.3 is 29.6 Å². The maximum atomic E-state index is 12.8. The zero-order valence-corrected chi connectivity index (χ0v) is 17.0. The van der Waals surface area contributed by atoms with Gasteiger partial charge in [-0.15, -0.1) is 0 Å². The number of nitrogens with two attached hydrogens (primary N) is 1. The lowest BCUT2D eigenvalue weighted by atomic mass is 9.86. The number of carbonyl (C=O) groups excluding carboxylic acids is 3. The summed E-state index contributed by atoms with van der Waals surface area (Å²) in [7, 11) is 1.48. The number of fused-ring (bicyclic) bond motifs is 1. The lowest BCUT2D eigenvalue weighted by molar-refractivity contribution is -0.177. The molecule has 9 heteroatoms. The molecule has 1 amide bonds. The number of cyclic esters (lactones) is 1. The van der Waals surface area contributed by atoms with Gasteiger partial charge in [0.2, 0.25) is 6.79 Å². The van der Waals surface area contributed by atoms with Gasteiger partial charge in [0.15, 0.2) is 17.3 Å². The van der Waals surface area contributed by atoms with Crippen LogP contribution < -0.4 is 15.2 Å². The molecule has 4 unspecified atom stereocenters. The molecule has 0 radical (unpaired) electrons. The molecule has 4 atom stereocenters. The Morgan fingerprint density at radius 3 is 2.72 bits per heavy atom. The second kappa shape index (κ2) is 7.90. The number of amides is 1. The van der Waals surface area contributed by atoms with Gasteiger partial charge in [-0.1, -0.05) is 6.92 Å². The van der Waals surface area contributed by atoms with Crippen LogP contribution in [0.2, 0.25) is 0 Å². The number of likely N-dealkylation sites (N-methyl/N-ethyl adjacent to an activating group) is 1. The van der Waals surface area contributed by atoms with Gasteiger partial charge in [-0.05, 0) is 44.4 Å². The number of hydrogen-bond donors (Lipinski definition) is 1. The van der Waals surface area contributed by atoms with E-state index in [4.69, 9.17) is 24.7 Å². The third kappa shape index (κ3) is 4.29. The van der Waals surface area contributed by atoms with E-state index in [-0.39, 0.29) is 25.1 Å². The van der Waals surface area contributed by atoms with E-state index in [1.807, 2.05) is 6.92 Å². The molecule has 1 fully saturated rings. The first-order chi connectivity index (χ1) is 13.6. The second-order valence-electron chi connectivity index (χ2n) is 7.85. The fourth-order valence-electron chi connectivity index (χ4n) is 3.42. The maximum absolute atomic E-state index is 12.8. The van der Waals surface area contributed by atoms with Crippen molar-refractivity contribution in [1.29, 1.82) is 0 Å². The van der Waals surface area contributed by atoms with Crippen LogP contribution in [0.15, 0.2) is 18.2 Å². The normalized spacial score (nSPS) is 26.4. The summed E-state index contributed by atoms with van der Waals surface area (Å²) in [4.78, 5) is 38.3. The number of ketones is 1. The summed E-state index contributed by atoms with van der Waals surface area (Å²) in [5.74, 6) is 0.197. The molecule has 1 aromatic rings. The summed E-state index contributed by atoms with van der Waals surface area (Å²) in [6.45, 7) is 5.15. The van der Waals surface area contributed by atoms with Crippen molar-refractivity contribution in [2.45, 2.75) is 44.9 Å². The van der Waals surface area contributed by atoms with Gasteiger partial charge >= 0.3 is 12.1 Å². The molecule has 29 heavy (non-hydrogen) atoms. The molecule has 0 spiro atoms. The first kappa shape index (κ1) is 20.9. The van der Waals surface area contributed by atoms with Crippen LogP contribution in [0.3, 0.4) is 0 Å². The van der Waals surface area contributed by atoms with Gasteiger partial charge in [-0.25, -0.2) is 4.79 Å². The Labute approximate surface area is 169 Å². The van der Waals surface area contributed by atoms with Crippen molar-refractivity contribution in [1.82, 2.24) is 4.90 Å². The predicted octanol–water partition coefficient (Wildman–Crippen LogP) is 1.72. The average molecular weight is 406 g/mol. The van der Waals surface area contributed by atoms with Crippen LogP contribution in [0.1, 0.15) is 37.6 Å². The molecular weight excluding hydrogens is 380 g/mol. The Morgan fingerprint density at radius 1 is 1.34 bits per heavy atom. The van der Waals surface area contributed by atoms with E-state index in [1.54, 1.807) is 32.0 Å². The van der Waals surface area contributed by atoms with E-state index >= 15 is 0 Å². The van der Waals surface area contributed by atoms with Crippen LogP contribution in [0.25, 0.3) is 0 Å². The Balaban J connectivity index is 1.59. The molecule has 0 bridgehead atoms. The number of benzene rings is 1. The summed E-state index contributed by atoms with van der Waals surface area (Å²) in [6.07, 6.45) is -0.214. The average Bonchev–Trinajstić information content (AvgIpc) is 3.16. The Morgan fingerprint density at radius 2 is 2.03 bits per heavy atom. The number of hydrogen-bond acceptors (Lipinski definition) is 8. The van der Waals surface area contributed by atoms with Crippen LogP contribution in [0, 0.1) is 5.92 Å². The fourth-order valence-corrected chi connectivity index (χ4v) is 3.42. The molecule has 1 saturated heterocycles. The number of esters is 1. The van der Waals surface area contributed by atoms with Crippen LogP contribution in [0.4, 0.5) is 4.79 Å². The highest BCUT2D eigenvalue weighted by Crippen LogP contribution is 2.33. The molecule has 1 aromatic carbocycles. The van der Waals surface area contributed by atoms with E-state index in [0.717, 1.165) is 0 Å². The van der Waals surface area contributed by atoms with E-state index in [0.29, 0.717) is 23.5 Å². The van der Waals surface area contributed by atoms with E-state index in [9.17, 15) is 14.4 Å². The molecule has 2 heterocycles. The molecular formula is C20H26N2O7. The fraction of sp³-hybridized carbons (Fsp3) is 0.550. The SMILES string of the molecule is CC1CC(C)(COC(=O)N(C)C(C)C(=O)c2ccc3c(c2)OCO3)OC(=O)C1N. The minimum atomic E-state index is -0.951. The summed E-state index contributed by atoms with van der Waals surface area (Å²) in [5.41, 5.74) is 5.21. The summed E-state index contributed by atoms with van der Waals surface area (Å²) < 4.78 is 21.2. The Bertz CT molecular complexity index is 827. The molecule has 0 saturated carbocycles. The predicted molar refractivity (Wildman–Crippen MR) is 102 cm³/mol. The summed E-state index contributed by atoms with van der Waals surface area (Å²) in [6, 6.07) is 3.43. The maximum Gasteiger partial charge on any atom is 0.410 e. The van der Waals surface area contributed by atoms with Crippen molar-refractivity contribution >= 4 is 17.8 Å². The Kier molecular flexibility index (Phi) is 5.70. The lowest BCUT2D eigenvalue weighted by Crippen LogP contribution is -2.53. The number of rotatable bonds is 5. The van der Waals surface area contributed by atoms with Crippen molar-refractivity contribution in [3.05, 3.63) is 23.8 Å². The van der Waals surface area contributed by atoms with E-state index in [1.165, 1.54) is 11.9 Å². The lowest BCUT2D eigenvalue weighted by Gasteiger charge is -2.39. The largest absolute Gasteiger partial charge is 0.455 e. The topological polar surface area (TPSA) is 117 Å². The van der Waals surface area contributed by atoms with Crippen LogP contribution in [-0.2, 0) is 14.3 Å². The quantitative estimate of drug-likeness (QED) is 0.580. The molecule has 3 rings (SSSR count). The van der Waals surface area contributed by atoms with E-state index in [2.05, 4.69) is 0 Å². The highest BCUT2D eigenvalue weighted by Gasteiger charge is 2.42. The van der Waals surface area contributed by atoms with Crippen molar-refractivity contribution < 1.29 is 33.3 Å². The molecule has 0 aliphatic carbocycles. The van der Waals surface area contributed by atoms with E-state index < -0.39 is 29.7 Å². The minimum absolute atomic E-state index is 0.0933. The standard InChI is InChI=1S/C20H26N2O7/c1-11-8-20(3,29-18(24)16(11)21)9-26-19(25)22(4)12(2)17(23)13-5-6-14-15(7-13)28-10-27-14/h5-7,11-12,16H,8-10,21H2,1-4H3. The van der Waals surface area contributed by atoms with Gasteiger partial charge in [-0.2, -0.15) is 0 Å². The van der Waals surface area contributed by atoms with Gasteiger partial charge in [0.25, 0.3) is 0 Å². The van der Waals surface area contributed by atoms with Gasteiger partial charge in [0, 0.05) is 12.6 Å². The third-order valence-corrected chi connectivity index (χ3v) is 5.39.